The molecule has 0 aliphatic heterocycles. The first-order chi connectivity index (χ1) is 9.74. The molecule has 0 aliphatic carbocycles. The van der Waals surface area contributed by atoms with Crippen molar-refractivity contribution in [3.63, 3.8) is 0 Å². The summed E-state index contributed by atoms with van der Waals surface area (Å²) in [6.07, 6.45) is 2.99. The molecule has 2 aromatic rings. The molecule has 114 valence electrons. The van der Waals surface area contributed by atoms with Gasteiger partial charge in [-0.15, -0.1) is 0 Å². The monoisotopic (exact) mass is 309 g/mol. The number of aromatic nitrogens is 3. The van der Waals surface area contributed by atoms with E-state index in [1.165, 1.54) is 6.33 Å². The van der Waals surface area contributed by atoms with Crippen molar-refractivity contribution >= 4 is 11.6 Å². The summed E-state index contributed by atoms with van der Waals surface area (Å²) in [5.74, 6) is -0.919. The maximum absolute atomic E-state index is 11.2. The van der Waals surface area contributed by atoms with E-state index in [-0.39, 0.29) is 0 Å². The van der Waals surface area contributed by atoms with Gasteiger partial charge in [0, 0.05) is 10.4 Å². The standard InChI is InChI=1S/C15H20ClN3O2/c1-11(19-10-17-9-18-19)15(20,14(2,3)4)21-13-7-5-12(16)6-8-13/h5-11,20H,1-4H3. The van der Waals surface area contributed by atoms with E-state index in [0.717, 1.165) is 0 Å². The summed E-state index contributed by atoms with van der Waals surface area (Å²) in [4.78, 5) is 3.93. The van der Waals surface area contributed by atoms with Crippen LogP contribution in [0.5, 0.6) is 5.75 Å². The topological polar surface area (TPSA) is 60.2 Å². The Morgan fingerprint density at radius 1 is 1.24 bits per heavy atom. The van der Waals surface area contributed by atoms with Crippen LogP contribution in [0.25, 0.3) is 0 Å². The molecule has 1 N–H and O–H groups in total. The molecule has 2 atom stereocenters. The first kappa shape index (κ1) is 15.8. The van der Waals surface area contributed by atoms with E-state index in [1.54, 1.807) is 35.3 Å². The van der Waals surface area contributed by atoms with Crippen LogP contribution < -0.4 is 4.74 Å². The zero-order valence-electron chi connectivity index (χ0n) is 12.6. The van der Waals surface area contributed by atoms with E-state index in [9.17, 15) is 5.11 Å². The average Bonchev–Trinajstić information content (AvgIpc) is 2.93. The number of aliphatic hydroxyl groups is 1. The van der Waals surface area contributed by atoms with E-state index in [2.05, 4.69) is 10.1 Å². The fourth-order valence-electron chi connectivity index (χ4n) is 2.14. The van der Waals surface area contributed by atoms with Crippen molar-refractivity contribution in [1.29, 1.82) is 0 Å². The second-order valence-electron chi connectivity index (χ2n) is 6.05. The van der Waals surface area contributed by atoms with E-state index >= 15 is 0 Å². The minimum Gasteiger partial charge on any atom is -0.460 e. The highest BCUT2D eigenvalue weighted by Crippen LogP contribution is 2.40. The summed E-state index contributed by atoms with van der Waals surface area (Å²) < 4.78 is 7.50. The zero-order chi connectivity index (χ0) is 15.7. The molecule has 0 spiro atoms. The molecule has 0 saturated carbocycles. The third-order valence-corrected chi connectivity index (χ3v) is 3.81. The molecule has 1 heterocycles. The Bertz CT molecular complexity index is 578. The molecule has 0 saturated heterocycles. The molecular formula is C15H20ClN3O2. The Morgan fingerprint density at radius 2 is 1.86 bits per heavy atom. The third-order valence-electron chi connectivity index (χ3n) is 3.56. The SMILES string of the molecule is CC(n1cncn1)C(O)(Oc1ccc(Cl)cc1)C(C)(C)C. The first-order valence-electron chi connectivity index (χ1n) is 6.75. The third kappa shape index (κ3) is 3.19. The molecule has 6 heteroatoms. The lowest BCUT2D eigenvalue weighted by molar-refractivity contribution is -0.234. The molecule has 0 radical (unpaired) electrons. The van der Waals surface area contributed by atoms with Gasteiger partial charge in [0.1, 0.15) is 24.4 Å². The zero-order valence-corrected chi connectivity index (χ0v) is 13.4. The number of ether oxygens (including phenoxy) is 1. The smallest absolute Gasteiger partial charge is 0.235 e. The van der Waals surface area contributed by atoms with Crippen molar-refractivity contribution in [2.75, 3.05) is 0 Å². The van der Waals surface area contributed by atoms with Crippen LogP contribution in [0.15, 0.2) is 36.9 Å². The van der Waals surface area contributed by atoms with E-state index < -0.39 is 17.2 Å². The first-order valence-corrected chi connectivity index (χ1v) is 7.13. The Labute approximate surface area is 129 Å². The number of nitrogens with zero attached hydrogens (tertiary/aromatic N) is 3. The lowest BCUT2D eigenvalue weighted by Crippen LogP contribution is -2.54. The van der Waals surface area contributed by atoms with Gasteiger partial charge in [0.15, 0.2) is 0 Å². The van der Waals surface area contributed by atoms with Crippen molar-refractivity contribution in [1.82, 2.24) is 14.8 Å². The van der Waals surface area contributed by atoms with Crippen molar-refractivity contribution < 1.29 is 9.84 Å². The van der Waals surface area contributed by atoms with Gasteiger partial charge in [-0.05, 0) is 31.2 Å². The Hall–Kier alpha value is -1.59. The Kier molecular flexibility index (Phi) is 4.25. The van der Waals surface area contributed by atoms with Crippen molar-refractivity contribution in [2.24, 2.45) is 5.41 Å². The molecule has 5 nitrogen and oxygen atoms in total. The molecule has 0 amide bonds. The predicted molar refractivity (Wildman–Crippen MR) is 81.2 cm³/mol. The van der Waals surface area contributed by atoms with Crippen LogP contribution in [0.4, 0.5) is 0 Å². The van der Waals surface area contributed by atoms with Crippen LogP contribution in [-0.2, 0) is 0 Å². The van der Waals surface area contributed by atoms with Crippen LogP contribution in [0.2, 0.25) is 5.02 Å². The number of hydrogen-bond acceptors (Lipinski definition) is 4. The van der Waals surface area contributed by atoms with Gasteiger partial charge in [-0.3, -0.25) is 0 Å². The van der Waals surface area contributed by atoms with Crippen LogP contribution in [-0.4, -0.2) is 25.7 Å². The van der Waals surface area contributed by atoms with Gasteiger partial charge in [0.2, 0.25) is 5.79 Å². The fraction of sp³-hybridized carbons (Fsp3) is 0.467. The van der Waals surface area contributed by atoms with Crippen molar-refractivity contribution in [3.8, 4) is 5.75 Å². The highest BCUT2D eigenvalue weighted by molar-refractivity contribution is 6.30. The molecular weight excluding hydrogens is 290 g/mol. The number of hydrogen-bond donors (Lipinski definition) is 1. The minimum absolute atomic E-state index is 0.421. The predicted octanol–water partition coefficient (Wildman–Crippen LogP) is 3.31. The minimum atomic E-state index is -1.46. The number of rotatable bonds is 4. The molecule has 2 unspecified atom stereocenters. The largest absolute Gasteiger partial charge is 0.460 e. The highest BCUT2D eigenvalue weighted by atomic mass is 35.5. The molecule has 0 aliphatic rings. The van der Waals surface area contributed by atoms with Gasteiger partial charge in [0.25, 0.3) is 0 Å². The van der Waals surface area contributed by atoms with Gasteiger partial charge >= 0.3 is 0 Å². The highest BCUT2D eigenvalue weighted by Gasteiger charge is 2.49. The summed E-state index contributed by atoms with van der Waals surface area (Å²) >= 11 is 5.88. The second kappa shape index (κ2) is 5.66. The molecule has 1 aromatic carbocycles. The van der Waals surface area contributed by atoms with Crippen LogP contribution in [0.3, 0.4) is 0 Å². The van der Waals surface area contributed by atoms with Crippen molar-refractivity contribution in [3.05, 3.63) is 41.9 Å². The average molecular weight is 310 g/mol. The van der Waals surface area contributed by atoms with Gasteiger partial charge in [-0.1, -0.05) is 32.4 Å². The van der Waals surface area contributed by atoms with Crippen LogP contribution in [0.1, 0.15) is 33.7 Å². The van der Waals surface area contributed by atoms with Gasteiger partial charge < -0.3 is 9.84 Å². The molecule has 21 heavy (non-hydrogen) atoms. The maximum atomic E-state index is 11.2. The lowest BCUT2D eigenvalue weighted by Gasteiger charge is -2.43. The number of halogens is 1. The lowest BCUT2D eigenvalue weighted by atomic mass is 9.81. The maximum Gasteiger partial charge on any atom is 0.235 e. The van der Waals surface area contributed by atoms with E-state index in [4.69, 9.17) is 16.3 Å². The van der Waals surface area contributed by atoms with Crippen LogP contribution >= 0.6 is 11.6 Å². The summed E-state index contributed by atoms with van der Waals surface area (Å²) in [5.41, 5.74) is -0.544. The van der Waals surface area contributed by atoms with E-state index in [0.29, 0.717) is 10.8 Å². The van der Waals surface area contributed by atoms with E-state index in [1.807, 2.05) is 27.7 Å². The van der Waals surface area contributed by atoms with Gasteiger partial charge in [-0.25, -0.2) is 9.67 Å². The van der Waals surface area contributed by atoms with Gasteiger partial charge in [-0.2, -0.15) is 5.10 Å². The second-order valence-corrected chi connectivity index (χ2v) is 6.49. The number of benzene rings is 1. The molecule has 1 aromatic heterocycles. The normalized spacial score (nSPS) is 16.3. The molecule has 2 rings (SSSR count). The summed E-state index contributed by atoms with van der Waals surface area (Å²) in [6.45, 7) is 7.58. The fourth-order valence-corrected chi connectivity index (χ4v) is 2.27. The van der Waals surface area contributed by atoms with Crippen molar-refractivity contribution in [2.45, 2.75) is 39.5 Å². The molecule has 0 bridgehead atoms. The molecule has 0 fully saturated rings. The Balaban J connectivity index is 2.35. The Morgan fingerprint density at radius 3 is 2.33 bits per heavy atom. The summed E-state index contributed by atoms with van der Waals surface area (Å²) in [5, 5.41) is 15.9. The quantitative estimate of drug-likeness (QED) is 0.880. The summed E-state index contributed by atoms with van der Waals surface area (Å²) in [6, 6.07) is 6.48. The summed E-state index contributed by atoms with van der Waals surface area (Å²) in [7, 11) is 0. The van der Waals surface area contributed by atoms with Crippen LogP contribution in [0, 0.1) is 5.41 Å². The van der Waals surface area contributed by atoms with Gasteiger partial charge in [0.05, 0.1) is 0 Å².